The largest absolute Gasteiger partial charge is 0.399 e. The van der Waals surface area contributed by atoms with Crippen LogP contribution in [0.2, 0.25) is 6.04 Å². The third kappa shape index (κ3) is 7.61. The summed E-state index contributed by atoms with van der Waals surface area (Å²) < 4.78 is 60.6. The van der Waals surface area contributed by atoms with Crippen molar-refractivity contribution in [3.05, 3.63) is 0 Å². The molecule has 0 rings (SSSR count). The molecule has 0 aliphatic rings. The number of hydrogen-bond donors (Lipinski definition) is 0. The molecule has 0 unspecified atom stereocenters. The van der Waals surface area contributed by atoms with Crippen molar-refractivity contribution in [1.29, 1.82) is 0 Å². The van der Waals surface area contributed by atoms with Crippen LogP contribution in [-0.4, -0.2) is 47.5 Å². The van der Waals surface area contributed by atoms with Gasteiger partial charge in [-0.25, -0.2) is 0 Å². The predicted molar refractivity (Wildman–Crippen MR) is 85.4 cm³/mol. The highest BCUT2D eigenvalue weighted by Crippen LogP contribution is 2.63. The van der Waals surface area contributed by atoms with Crippen LogP contribution in [0, 0.1) is 0 Å². The van der Waals surface area contributed by atoms with E-state index in [1.807, 2.05) is 13.8 Å². The minimum atomic E-state index is -4.39. The van der Waals surface area contributed by atoms with Crippen molar-refractivity contribution in [1.82, 2.24) is 0 Å². The molecule has 0 aliphatic carbocycles. The summed E-state index contributed by atoms with van der Waals surface area (Å²) in [7, 11) is -5.17. The van der Waals surface area contributed by atoms with Crippen LogP contribution in [0.25, 0.3) is 0 Å². The van der Waals surface area contributed by atoms with E-state index in [0.29, 0.717) is 19.3 Å². The topological polar surface area (TPSA) is 54.0 Å². The molecule has 0 saturated carbocycles. The average Bonchev–Trinajstić information content (AvgIpc) is 2.44. The van der Waals surface area contributed by atoms with E-state index in [0.717, 1.165) is 0 Å². The van der Waals surface area contributed by atoms with Gasteiger partial charge in [-0.1, -0.05) is 6.04 Å². The van der Waals surface area contributed by atoms with Crippen molar-refractivity contribution in [3.8, 4) is 0 Å². The van der Waals surface area contributed by atoms with Crippen molar-refractivity contribution in [3.63, 3.8) is 0 Å². The fourth-order valence-corrected chi connectivity index (χ4v) is 5.18. The normalized spacial score (nSPS) is 13.6. The molecule has 0 aromatic carbocycles. The van der Waals surface area contributed by atoms with Gasteiger partial charge in [0.15, 0.2) is 0 Å². The maximum Gasteiger partial charge on any atom is 0.399 e. The predicted octanol–water partition coefficient (Wildman–Crippen LogP) is 3.57. The molecular weight excluding hydrogens is 333 g/mol. The molecule has 9 heteroatoms. The van der Waals surface area contributed by atoms with Crippen molar-refractivity contribution in [2.45, 2.75) is 58.2 Å². The molecule has 0 amide bonds. The minimum Gasteiger partial charge on any atom is -0.357 e. The van der Waals surface area contributed by atoms with Gasteiger partial charge in [0.25, 0.3) is 0 Å². The van der Waals surface area contributed by atoms with E-state index in [9.17, 15) is 13.3 Å². The molecule has 0 heterocycles. The second-order valence-electron chi connectivity index (χ2n) is 4.58. The van der Waals surface area contributed by atoms with Crippen molar-refractivity contribution in [2.24, 2.45) is 0 Å². The van der Waals surface area contributed by atoms with E-state index in [1.54, 1.807) is 0 Å². The molecule has 0 aliphatic heterocycles. The highest BCUT2D eigenvalue weighted by atomic mass is 31.2. The maximum atomic E-state index is 14.1. The molecule has 0 bridgehead atoms. The summed E-state index contributed by atoms with van der Waals surface area (Å²) in [6, 6.07) is 0.624. The molecule has 0 radical (unpaired) electrons. The zero-order valence-electron chi connectivity index (χ0n) is 14.0. The average molecular weight is 362 g/mol. The van der Waals surface area contributed by atoms with E-state index < -0.39 is 29.2 Å². The number of halogens is 2. The number of hydrogen-bond acceptors (Lipinski definition) is 5. The molecular formula is C13H29F2O5PSi. The highest BCUT2D eigenvalue weighted by molar-refractivity contribution is 7.55. The van der Waals surface area contributed by atoms with Gasteiger partial charge in [0, 0.05) is 19.6 Å². The molecule has 0 fully saturated rings. The lowest BCUT2D eigenvalue weighted by molar-refractivity contribution is -0.0828. The number of ether oxygens (including phenoxy) is 2. The van der Waals surface area contributed by atoms with Crippen LogP contribution in [0.5, 0.6) is 0 Å². The Balaban J connectivity index is 4.37. The summed E-state index contributed by atoms with van der Waals surface area (Å²) in [5.74, 6) is -0.241. The van der Waals surface area contributed by atoms with Gasteiger partial charge in [0.05, 0.1) is 22.7 Å². The summed E-state index contributed by atoms with van der Waals surface area (Å²) in [5, 5.41) is 0. The van der Waals surface area contributed by atoms with Crippen molar-refractivity contribution >= 4 is 17.1 Å². The van der Waals surface area contributed by atoms with Crippen LogP contribution in [0.15, 0.2) is 0 Å². The first kappa shape index (κ1) is 22.1. The molecule has 0 spiro atoms. The van der Waals surface area contributed by atoms with Crippen molar-refractivity contribution in [2.75, 3.05) is 26.4 Å². The van der Waals surface area contributed by atoms with Crippen LogP contribution in [-0.2, 0) is 23.1 Å². The van der Waals surface area contributed by atoms with E-state index in [4.69, 9.17) is 18.5 Å². The lowest BCUT2D eigenvalue weighted by Gasteiger charge is -2.25. The lowest BCUT2D eigenvalue weighted by Crippen LogP contribution is -2.25. The summed E-state index contributed by atoms with van der Waals surface area (Å²) in [6.07, 6.45) is -0.262. The molecule has 0 saturated heterocycles. The van der Waals surface area contributed by atoms with Crippen molar-refractivity contribution < 1.29 is 31.9 Å². The Bertz CT molecular complexity index is 318. The number of alkyl halides is 2. The van der Waals surface area contributed by atoms with Gasteiger partial charge >= 0.3 is 13.3 Å². The van der Waals surface area contributed by atoms with Gasteiger partial charge in [-0.15, -0.1) is 0 Å². The Kier molecular flexibility index (Phi) is 11.7. The monoisotopic (exact) mass is 362 g/mol. The molecule has 0 atom stereocenters. The van der Waals surface area contributed by atoms with Crippen LogP contribution in [0.3, 0.4) is 0 Å². The van der Waals surface area contributed by atoms with E-state index in [1.165, 1.54) is 13.8 Å². The molecule has 22 heavy (non-hydrogen) atoms. The minimum absolute atomic E-state index is 0.0711. The van der Waals surface area contributed by atoms with Gasteiger partial charge in [-0.2, -0.15) is 8.78 Å². The first-order valence-electron chi connectivity index (χ1n) is 7.87. The fourth-order valence-electron chi connectivity index (χ4n) is 1.94. The molecule has 134 valence electrons. The zero-order chi connectivity index (χ0) is 17.1. The van der Waals surface area contributed by atoms with E-state index >= 15 is 0 Å². The standard InChI is InChI=1S/C13H29F2O5PSi/c1-5-17-12(18-6-2)22-11-9-10-13(14,15)21(16,19-7-3)20-8-4/h12H,5-11,22H2,1-4H3. The smallest absolute Gasteiger partial charge is 0.357 e. The summed E-state index contributed by atoms with van der Waals surface area (Å²) >= 11 is 0. The Labute approximate surface area is 134 Å². The second-order valence-corrected chi connectivity index (χ2v) is 8.70. The molecule has 0 aromatic rings. The van der Waals surface area contributed by atoms with Crippen LogP contribution in [0.1, 0.15) is 40.5 Å². The van der Waals surface area contributed by atoms with E-state index in [-0.39, 0.29) is 25.5 Å². The first-order chi connectivity index (χ1) is 10.4. The zero-order valence-corrected chi connectivity index (χ0v) is 16.3. The maximum absolute atomic E-state index is 14.1. The SMILES string of the molecule is CCOC(OCC)[SiH2]CCCC(F)(F)P(=O)(OCC)OCC. The quantitative estimate of drug-likeness (QED) is 0.205. The van der Waals surface area contributed by atoms with Crippen LogP contribution < -0.4 is 0 Å². The van der Waals surface area contributed by atoms with Crippen LogP contribution >= 0.6 is 7.60 Å². The Morgan fingerprint density at radius 1 is 1.00 bits per heavy atom. The van der Waals surface area contributed by atoms with Gasteiger partial charge in [-0.05, 0) is 34.1 Å². The van der Waals surface area contributed by atoms with Crippen LogP contribution in [0.4, 0.5) is 8.78 Å². The Hall–Kier alpha value is 0.147. The van der Waals surface area contributed by atoms with Gasteiger partial charge in [0.2, 0.25) is 0 Å². The number of rotatable bonds is 14. The van der Waals surface area contributed by atoms with Gasteiger partial charge in [-0.3, -0.25) is 4.57 Å². The lowest BCUT2D eigenvalue weighted by atomic mass is 10.3. The van der Waals surface area contributed by atoms with Gasteiger partial charge < -0.3 is 18.5 Å². The Morgan fingerprint density at radius 3 is 1.91 bits per heavy atom. The summed E-state index contributed by atoms with van der Waals surface area (Å²) in [5.41, 5.74) is -3.46. The second kappa shape index (κ2) is 11.6. The fraction of sp³-hybridized carbons (Fsp3) is 1.00. The summed E-state index contributed by atoms with van der Waals surface area (Å²) in [6.45, 7) is 7.71. The molecule has 0 N–H and O–H groups in total. The first-order valence-corrected chi connectivity index (χ1v) is 11.2. The molecule has 0 aromatic heterocycles. The highest BCUT2D eigenvalue weighted by Gasteiger charge is 2.52. The summed E-state index contributed by atoms with van der Waals surface area (Å²) in [4.78, 5) is 0. The Morgan fingerprint density at radius 2 is 1.50 bits per heavy atom. The van der Waals surface area contributed by atoms with E-state index in [2.05, 4.69) is 0 Å². The van der Waals surface area contributed by atoms with Gasteiger partial charge in [0.1, 0.15) is 5.91 Å². The third-order valence-electron chi connectivity index (χ3n) is 2.87. The third-order valence-corrected chi connectivity index (χ3v) is 6.94. The molecule has 5 nitrogen and oxygen atoms in total.